The molecule has 74 heavy (non-hydrogen) atoms. The zero-order valence-electron chi connectivity index (χ0n) is 42.3. The fourth-order valence-corrected chi connectivity index (χ4v) is 15.3. The number of hydrogen-bond donors (Lipinski definition) is 0. The first kappa shape index (κ1) is 47.1. The van der Waals surface area contributed by atoms with Crippen molar-refractivity contribution in [3.05, 3.63) is 289 Å². The third-order valence-corrected chi connectivity index (χ3v) is 19.6. The Balaban J connectivity index is 1.10. The summed E-state index contributed by atoms with van der Waals surface area (Å²) in [5.74, 6) is 0. The van der Waals surface area contributed by atoms with E-state index in [0.717, 1.165) is 0 Å². The van der Waals surface area contributed by atoms with Crippen molar-refractivity contribution < 1.29 is 0 Å². The highest BCUT2D eigenvalue weighted by Crippen LogP contribution is 2.46. The van der Waals surface area contributed by atoms with Crippen molar-refractivity contribution in [3.8, 4) is 55.6 Å². The molecule has 0 bridgehead atoms. The molecule has 0 saturated carbocycles. The normalized spacial score (nSPS) is 11.5. The van der Waals surface area contributed by atoms with Gasteiger partial charge in [-0.15, -0.1) is 0 Å². The molecule has 0 spiro atoms. The van der Waals surface area contributed by atoms with E-state index >= 15 is 0 Å². The van der Waals surface area contributed by atoms with Crippen molar-refractivity contribution in [3.63, 3.8) is 0 Å². The van der Waals surface area contributed by atoms with Gasteiger partial charge in [-0.2, -0.15) is 0 Å². The predicted molar refractivity (Wildman–Crippen MR) is 325 cm³/mol. The van der Waals surface area contributed by atoms with Crippen molar-refractivity contribution in [2.75, 3.05) is 0 Å². The van der Waals surface area contributed by atoms with E-state index in [9.17, 15) is 0 Å². The van der Waals surface area contributed by atoms with Crippen LogP contribution in [0.25, 0.3) is 77.2 Å². The summed E-state index contributed by atoms with van der Waals surface area (Å²) in [5.41, 5.74) is 17.5. The van der Waals surface area contributed by atoms with E-state index in [-0.39, 0.29) is 0 Å². The zero-order chi connectivity index (χ0) is 50.1. The van der Waals surface area contributed by atoms with Crippen molar-refractivity contribution in [2.45, 2.75) is 27.7 Å². The highest BCUT2D eigenvalue weighted by atomic mass is 31.1. The lowest BCUT2D eigenvalue weighted by molar-refractivity contribution is 1.47. The van der Waals surface area contributed by atoms with E-state index in [1.54, 1.807) is 0 Å². The summed E-state index contributed by atoms with van der Waals surface area (Å²) in [6.07, 6.45) is 0. The Labute approximate surface area is 439 Å². The largest absolute Gasteiger partial charge is 0.0616 e. The van der Waals surface area contributed by atoms with Crippen LogP contribution in [0.2, 0.25) is 0 Å². The number of rotatable bonds is 11. The van der Waals surface area contributed by atoms with Crippen molar-refractivity contribution in [2.24, 2.45) is 0 Å². The summed E-state index contributed by atoms with van der Waals surface area (Å²) >= 11 is 0. The molecule has 0 heterocycles. The summed E-state index contributed by atoms with van der Waals surface area (Å²) < 4.78 is 0. The first-order chi connectivity index (χ1) is 36.3. The summed E-state index contributed by atoms with van der Waals surface area (Å²) in [7, 11) is -2.18. The molecule has 0 saturated heterocycles. The average Bonchev–Trinajstić information content (AvgIpc) is 3.47. The Bertz CT molecular complexity index is 3470. The van der Waals surface area contributed by atoms with Crippen LogP contribution in [0.3, 0.4) is 0 Å². The molecular weight excluding hydrogens is 927 g/mol. The van der Waals surface area contributed by atoms with Crippen molar-refractivity contribution in [1.82, 2.24) is 0 Å². The second-order valence-corrected chi connectivity index (χ2v) is 24.1. The number of benzene rings is 12. The second kappa shape index (κ2) is 20.5. The maximum atomic E-state index is 2.46. The summed E-state index contributed by atoms with van der Waals surface area (Å²) in [5, 5.41) is 13.0. The molecule has 0 aliphatic rings. The van der Waals surface area contributed by atoms with Gasteiger partial charge in [0.05, 0.1) is 0 Å². The maximum Gasteiger partial charge on any atom is -0.000884 e. The van der Waals surface area contributed by atoms with Gasteiger partial charge in [0, 0.05) is 0 Å². The SMILES string of the molecule is Cc1ccc(-c2ccc(P(c3ccc(-c4ccc(C)cc4)cc3)c3ccc4ccccc4c3-c3c(P(c4ccc(-c5ccc(C)cc5)cc4)c4ccc(-c5ccc(C)cc5)cc4)ccc4ccccc34)cc2)cc1. The van der Waals surface area contributed by atoms with Gasteiger partial charge < -0.3 is 0 Å². The highest BCUT2D eigenvalue weighted by Gasteiger charge is 2.29. The Morgan fingerprint density at radius 2 is 0.419 bits per heavy atom. The minimum absolute atomic E-state index is 1.09. The smallest absolute Gasteiger partial charge is 0.000884 e. The number of hydrogen-bond acceptors (Lipinski definition) is 0. The van der Waals surface area contributed by atoms with Gasteiger partial charge in [0.25, 0.3) is 0 Å². The first-order valence-electron chi connectivity index (χ1n) is 25.6. The summed E-state index contributed by atoms with van der Waals surface area (Å²) in [6, 6.07) is 101. The van der Waals surface area contributed by atoms with E-state index in [1.807, 2.05) is 0 Å². The molecule has 0 N–H and O–H groups in total. The fraction of sp³-hybridized carbons (Fsp3) is 0.0556. The number of aryl methyl sites for hydroxylation is 4. The zero-order valence-corrected chi connectivity index (χ0v) is 44.1. The van der Waals surface area contributed by atoms with Gasteiger partial charge in [-0.3, -0.25) is 0 Å². The minimum Gasteiger partial charge on any atom is -0.0616 e. The molecular formula is C72H56P2. The molecule has 0 radical (unpaired) electrons. The predicted octanol–water partition coefficient (Wildman–Crippen LogP) is 17.1. The minimum atomic E-state index is -1.09. The lowest BCUT2D eigenvalue weighted by Gasteiger charge is -2.29. The van der Waals surface area contributed by atoms with E-state index in [0.29, 0.717) is 0 Å². The van der Waals surface area contributed by atoms with E-state index in [4.69, 9.17) is 0 Å². The lowest BCUT2D eigenvalue weighted by atomic mass is 9.93. The van der Waals surface area contributed by atoms with Crippen LogP contribution in [-0.4, -0.2) is 0 Å². The van der Waals surface area contributed by atoms with Crippen LogP contribution >= 0.6 is 15.8 Å². The molecule has 12 aromatic rings. The molecule has 12 aromatic carbocycles. The summed E-state index contributed by atoms with van der Waals surface area (Å²) in [4.78, 5) is 0. The van der Waals surface area contributed by atoms with Crippen LogP contribution in [-0.2, 0) is 0 Å². The lowest BCUT2D eigenvalue weighted by Crippen LogP contribution is -2.26. The standard InChI is InChI=1S/C72H56P2/c1-49-13-21-53(22-14-49)57-29-39-63(40-30-57)73(64-41-31-58(32-42-64)54-23-15-50(2)16-24-54)69-47-37-61-9-5-7-11-67(61)71(69)72-68-12-8-6-10-62(68)38-48-70(72)74(65-43-33-59(34-44-65)55-25-17-51(3)18-26-55)66-45-35-60(36-46-66)56-27-19-52(4)20-28-56/h5-48H,1-4H3. The Morgan fingerprint density at radius 3 is 0.662 bits per heavy atom. The average molecular weight is 983 g/mol. The van der Waals surface area contributed by atoms with Crippen LogP contribution in [0.15, 0.2) is 267 Å². The van der Waals surface area contributed by atoms with Crippen LogP contribution in [0.4, 0.5) is 0 Å². The Kier molecular flexibility index (Phi) is 13.0. The van der Waals surface area contributed by atoms with Crippen molar-refractivity contribution >= 4 is 69.2 Å². The number of fused-ring (bicyclic) bond motifs is 2. The Hall–Kier alpha value is -7.98. The van der Waals surface area contributed by atoms with Gasteiger partial charge >= 0.3 is 0 Å². The second-order valence-electron chi connectivity index (χ2n) is 19.7. The van der Waals surface area contributed by atoms with Gasteiger partial charge in [0.15, 0.2) is 0 Å². The summed E-state index contributed by atoms with van der Waals surface area (Å²) in [6.45, 7) is 8.61. The first-order valence-corrected chi connectivity index (χ1v) is 28.3. The molecule has 354 valence electrons. The molecule has 0 fully saturated rings. The van der Waals surface area contributed by atoms with Gasteiger partial charge in [0.1, 0.15) is 0 Å². The molecule has 0 unspecified atom stereocenters. The van der Waals surface area contributed by atoms with Crippen LogP contribution in [0.1, 0.15) is 22.3 Å². The van der Waals surface area contributed by atoms with E-state index < -0.39 is 15.8 Å². The third kappa shape index (κ3) is 9.45. The van der Waals surface area contributed by atoms with Crippen LogP contribution in [0, 0.1) is 27.7 Å². The molecule has 0 amide bonds. The quantitative estimate of drug-likeness (QED) is 0.113. The van der Waals surface area contributed by atoms with Crippen molar-refractivity contribution in [1.29, 1.82) is 0 Å². The topological polar surface area (TPSA) is 0 Å². The molecule has 0 atom stereocenters. The highest BCUT2D eigenvalue weighted by molar-refractivity contribution is 7.80. The molecule has 0 aliphatic heterocycles. The van der Waals surface area contributed by atoms with Crippen LogP contribution in [0.5, 0.6) is 0 Å². The van der Waals surface area contributed by atoms with Gasteiger partial charge in [-0.1, -0.05) is 289 Å². The van der Waals surface area contributed by atoms with Crippen LogP contribution < -0.4 is 31.8 Å². The molecule has 0 aromatic heterocycles. The Morgan fingerprint density at radius 1 is 0.203 bits per heavy atom. The van der Waals surface area contributed by atoms with Gasteiger partial charge in [-0.25, -0.2) is 0 Å². The third-order valence-electron chi connectivity index (χ3n) is 14.6. The van der Waals surface area contributed by atoms with E-state index in [1.165, 1.54) is 131 Å². The van der Waals surface area contributed by atoms with Gasteiger partial charge in [0.2, 0.25) is 0 Å². The maximum absolute atomic E-state index is 2.46. The van der Waals surface area contributed by atoms with Gasteiger partial charge in [-0.05, 0) is 153 Å². The molecule has 0 nitrogen and oxygen atoms in total. The molecule has 2 heteroatoms. The monoisotopic (exact) mass is 982 g/mol. The molecule has 0 aliphatic carbocycles. The fourth-order valence-electron chi connectivity index (χ4n) is 10.5. The molecule has 12 rings (SSSR count). The van der Waals surface area contributed by atoms with E-state index in [2.05, 4.69) is 295 Å².